The highest BCUT2D eigenvalue weighted by molar-refractivity contribution is 14.1. The molecule has 0 radical (unpaired) electrons. The van der Waals surface area contributed by atoms with E-state index in [2.05, 4.69) is 27.6 Å². The maximum Gasteiger partial charge on any atom is 0.0500 e. The van der Waals surface area contributed by atoms with Crippen LogP contribution >= 0.6 is 34.2 Å². The number of pyridine rings is 1. The number of halogens is 2. The average molecular weight is 290 g/mol. The number of hydrogen-bond donors (Lipinski definition) is 0. The predicted octanol–water partition coefficient (Wildman–Crippen LogP) is 3.49. The first kappa shape index (κ1) is 8.26. The van der Waals surface area contributed by atoms with Crippen LogP contribution in [0.3, 0.4) is 0 Å². The molecule has 1 aromatic carbocycles. The van der Waals surface area contributed by atoms with Gasteiger partial charge >= 0.3 is 0 Å². The Morgan fingerprint density at radius 3 is 2.75 bits per heavy atom. The molecule has 0 aliphatic heterocycles. The molecule has 2 aromatic rings. The second-order valence-electron chi connectivity index (χ2n) is 2.46. The van der Waals surface area contributed by atoms with Gasteiger partial charge in [-0.2, -0.15) is 0 Å². The van der Waals surface area contributed by atoms with Gasteiger partial charge in [0, 0.05) is 26.4 Å². The SMILES string of the molecule is Clc1cccc2c(I)cncc12. The zero-order valence-corrected chi connectivity index (χ0v) is 9.00. The standard InChI is InChI=1S/C9H5ClIN/c10-8-3-1-2-6-7(8)4-12-5-9(6)11/h1-5H. The van der Waals surface area contributed by atoms with Crippen LogP contribution in [0.1, 0.15) is 0 Å². The summed E-state index contributed by atoms with van der Waals surface area (Å²) < 4.78 is 1.13. The molecule has 0 aliphatic rings. The van der Waals surface area contributed by atoms with Gasteiger partial charge in [-0.1, -0.05) is 23.7 Å². The molecule has 1 heterocycles. The van der Waals surface area contributed by atoms with Crippen LogP contribution in [0, 0.1) is 3.57 Å². The Bertz CT molecular complexity index is 387. The maximum absolute atomic E-state index is 5.99. The molecule has 0 unspecified atom stereocenters. The Hall–Kier alpha value is -0.350. The molecule has 12 heavy (non-hydrogen) atoms. The van der Waals surface area contributed by atoms with Gasteiger partial charge in [0.2, 0.25) is 0 Å². The molecule has 0 aliphatic carbocycles. The number of benzene rings is 1. The van der Waals surface area contributed by atoms with Gasteiger partial charge in [0.05, 0.1) is 0 Å². The molecule has 2 rings (SSSR count). The second kappa shape index (κ2) is 3.18. The molecule has 0 saturated heterocycles. The highest BCUT2D eigenvalue weighted by Crippen LogP contribution is 2.25. The van der Waals surface area contributed by atoms with E-state index < -0.39 is 0 Å². The van der Waals surface area contributed by atoms with Crippen molar-refractivity contribution in [1.29, 1.82) is 0 Å². The van der Waals surface area contributed by atoms with Gasteiger partial charge in [-0.3, -0.25) is 4.98 Å². The fourth-order valence-corrected chi connectivity index (χ4v) is 1.98. The molecule has 0 amide bonds. The van der Waals surface area contributed by atoms with Gasteiger partial charge in [-0.25, -0.2) is 0 Å². The summed E-state index contributed by atoms with van der Waals surface area (Å²) >= 11 is 8.24. The molecular formula is C9H5ClIN. The number of nitrogens with zero attached hydrogens (tertiary/aromatic N) is 1. The molecule has 0 saturated carbocycles. The quantitative estimate of drug-likeness (QED) is 0.677. The number of aromatic nitrogens is 1. The van der Waals surface area contributed by atoms with E-state index in [0.717, 1.165) is 19.4 Å². The Kier molecular flexibility index (Phi) is 2.19. The van der Waals surface area contributed by atoms with Crippen molar-refractivity contribution in [3.8, 4) is 0 Å². The Morgan fingerprint density at radius 1 is 1.17 bits per heavy atom. The van der Waals surface area contributed by atoms with E-state index >= 15 is 0 Å². The smallest absolute Gasteiger partial charge is 0.0500 e. The summed E-state index contributed by atoms with van der Waals surface area (Å²) in [5.41, 5.74) is 0. The van der Waals surface area contributed by atoms with Crippen molar-refractivity contribution in [2.45, 2.75) is 0 Å². The van der Waals surface area contributed by atoms with Crippen molar-refractivity contribution in [3.05, 3.63) is 39.2 Å². The largest absolute Gasteiger partial charge is 0.263 e. The third kappa shape index (κ3) is 1.29. The van der Waals surface area contributed by atoms with Crippen LogP contribution < -0.4 is 0 Å². The van der Waals surface area contributed by atoms with E-state index in [9.17, 15) is 0 Å². The van der Waals surface area contributed by atoms with E-state index in [1.807, 2.05) is 24.4 Å². The van der Waals surface area contributed by atoms with Gasteiger partial charge in [0.15, 0.2) is 0 Å². The van der Waals surface area contributed by atoms with Crippen LogP contribution in [-0.4, -0.2) is 4.98 Å². The van der Waals surface area contributed by atoms with Crippen molar-refractivity contribution in [2.24, 2.45) is 0 Å². The zero-order valence-electron chi connectivity index (χ0n) is 6.09. The first-order valence-electron chi connectivity index (χ1n) is 3.47. The van der Waals surface area contributed by atoms with E-state index in [1.165, 1.54) is 0 Å². The maximum atomic E-state index is 5.99. The van der Waals surface area contributed by atoms with Crippen LogP contribution in [0.2, 0.25) is 5.02 Å². The van der Waals surface area contributed by atoms with Crippen molar-refractivity contribution in [3.63, 3.8) is 0 Å². The summed E-state index contributed by atoms with van der Waals surface area (Å²) in [5.74, 6) is 0. The lowest BCUT2D eigenvalue weighted by molar-refractivity contribution is 1.35. The van der Waals surface area contributed by atoms with E-state index in [0.29, 0.717) is 0 Å². The Morgan fingerprint density at radius 2 is 2.00 bits per heavy atom. The lowest BCUT2D eigenvalue weighted by Gasteiger charge is -2.00. The summed E-state index contributed by atoms with van der Waals surface area (Å²) in [7, 11) is 0. The van der Waals surface area contributed by atoms with Crippen molar-refractivity contribution in [1.82, 2.24) is 4.98 Å². The Balaban J connectivity index is 2.94. The van der Waals surface area contributed by atoms with Crippen LogP contribution in [0.4, 0.5) is 0 Å². The summed E-state index contributed by atoms with van der Waals surface area (Å²) in [5, 5.41) is 2.95. The molecule has 0 spiro atoms. The third-order valence-corrected chi connectivity index (χ3v) is 2.89. The van der Waals surface area contributed by atoms with E-state index in [1.54, 1.807) is 6.20 Å². The van der Waals surface area contributed by atoms with Crippen molar-refractivity contribution >= 4 is 45.0 Å². The molecule has 0 bridgehead atoms. The average Bonchev–Trinajstić information content (AvgIpc) is 2.07. The van der Waals surface area contributed by atoms with Gasteiger partial charge in [0.1, 0.15) is 0 Å². The normalized spacial score (nSPS) is 10.5. The highest BCUT2D eigenvalue weighted by atomic mass is 127. The fraction of sp³-hybridized carbons (Fsp3) is 0. The monoisotopic (exact) mass is 289 g/mol. The third-order valence-electron chi connectivity index (χ3n) is 1.70. The fourth-order valence-electron chi connectivity index (χ4n) is 1.12. The van der Waals surface area contributed by atoms with E-state index in [-0.39, 0.29) is 0 Å². The second-order valence-corrected chi connectivity index (χ2v) is 4.03. The van der Waals surface area contributed by atoms with Crippen LogP contribution in [-0.2, 0) is 0 Å². The first-order valence-corrected chi connectivity index (χ1v) is 4.92. The molecular weight excluding hydrogens is 284 g/mol. The van der Waals surface area contributed by atoms with Gasteiger partial charge < -0.3 is 0 Å². The summed E-state index contributed by atoms with van der Waals surface area (Å²) in [6, 6.07) is 5.87. The molecule has 1 aromatic heterocycles. The Labute approximate surface area is 88.9 Å². The predicted molar refractivity (Wildman–Crippen MR) is 59.5 cm³/mol. The summed E-state index contributed by atoms with van der Waals surface area (Å²) in [6.45, 7) is 0. The number of hydrogen-bond acceptors (Lipinski definition) is 1. The molecule has 60 valence electrons. The van der Waals surface area contributed by atoms with E-state index in [4.69, 9.17) is 11.6 Å². The van der Waals surface area contributed by atoms with Gasteiger partial charge in [-0.15, -0.1) is 0 Å². The molecule has 0 fully saturated rings. The molecule has 3 heteroatoms. The zero-order chi connectivity index (χ0) is 8.55. The number of rotatable bonds is 0. The van der Waals surface area contributed by atoms with Crippen molar-refractivity contribution < 1.29 is 0 Å². The lowest BCUT2D eigenvalue weighted by atomic mass is 10.2. The van der Waals surface area contributed by atoms with Crippen LogP contribution in [0.5, 0.6) is 0 Å². The first-order chi connectivity index (χ1) is 5.79. The minimum Gasteiger partial charge on any atom is -0.263 e. The topological polar surface area (TPSA) is 12.9 Å². The summed E-state index contributed by atoms with van der Waals surface area (Å²) in [6.07, 6.45) is 3.62. The minimum atomic E-state index is 0.763. The van der Waals surface area contributed by atoms with Gasteiger partial charge in [-0.05, 0) is 34.0 Å². The summed E-state index contributed by atoms with van der Waals surface area (Å²) in [4.78, 5) is 4.08. The molecule has 0 N–H and O–H groups in total. The molecule has 0 atom stereocenters. The molecule has 1 nitrogen and oxygen atoms in total. The van der Waals surface area contributed by atoms with Gasteiger partial charge in [0.25, 0.3) is 0 Å². The highest BCUT2D eigenvalue weighted by Gasteiger charge is 2.00. The van der Waals surface area contributed by atoms with Crippen LogP contribution in [0.15, 0.2) is 30.6 Å². The van der Waals surface area contributed by atoms with Crippen LogP contribution in [0.25, 0.3) is 10.8 Å². The lowest BCUT2D eigenvalue weighted by Crippen LogP contribution is -1.80. The van der Waals surface area contributed by atoms with Crippen molar-refractivity contribution in [2.75, 3.05) is 0 Å². The minimum absolute atomic E-state index is 0.763. The number of fused-ring (bicyclic) bond motifs is 1.